The van der Waals surface area contributed by atoms with Crippen LogP contribution in [0.1, 0.15) is 5.56 Å². The van der Waals surface area contributed by atoms with Gasteiger partial charge in [-0.05, 0) is 24.3 Å². The third-order valence-corrected chi connectivity index (χ3v) is 2.56. The molecule has 0 aliphatic rings. The van der Waals surface area contributed by atoms with Crippen molar-refractivity contribution in [3.05, 3.63) is 40.0 Å². The lowest BCUT2D eigenvalue weighted by Gasteiger charge is -2.09. The van der Waals surface area contributed by atoms with E-state index in [1.807, 2.05) is 0 Å². The molecule has 0 aliphatic heterocycles. The second-order valence-corrected chi connectivity index (χ2v) is 3.96. The van der Waals surface area contributed by atoms with Crippen LogP contribution in [0.3, 0.4) is 0 Å². The number of nitrogens with zero attached hydrogens (tertiary/aromatic N) is 1. The summed E-state index contributed by atoms with van der Waals surface area (Å²) in [6.07, 6.45) is -4.51. The van der Waals surface area contributed by atoms with E-state index in [1.54, 1.807) is 6.07 Å². The molecule has 0 unspecified atom stereocenters. The lowest BCUT2D eigenvalue weighted by Crippen LogP contribution is -2.06. The van der Waals surface area contributed by atoms with E-state index in [4.69, 9.17) is 23.2 Å². The van der Waals surface area contributed by atoms with Crippen LogP contribution in [0.4, 0.5) is 13.2 Å². The van der Waals surface area contributed by atoms with Crippen LogP contribution in [0.25, 0.3) is 10.9 Å². The highest BCUT2D eigenvalue weighted by atomic mass is 35.5. The number of pyridine rings is 1. The maximum absolute atomic E-state index is 12.5. The van der Waals surface area contributed by atoms with Crippen LogP contribution < -0.4 is 0 Å². The van der Waals surface area contributed by atoms with Gasteiger partial charge in [0.25, 0.3) is 0 Å². The summed E-state index contributed by atoms with van der Waals surface area (Å²) in [5, 5.41) is 0.108. The van der Waals surface area contributed by atoms with Gasteiger partial charge in [-0.1, -0.05) is 23.2 Å². The molecule has 0 spiro atoms. The number of rotatable bonds is 0. The highest BCUT2D eigenvalue weighted by molar-refractivity contribution is 6.32. The van der Waals surface area contributed by atoms with Crippen molar-refractivity contribution in [3.8, 4) is 0 Å². The van der Waals surface area contributed by atoms with Gasteiger partial charge in [0.15, 0.2) is 0 Å². The second kappa shape index (κ2) is 3.79. The number of aromatic nitrogens is 1. The van der Waals surface area contributed by atoms with E-state index in [2.05, 4.69) is 4.98 Å². The molecule has 0 bridgehead atoms. The van der Waals surface area contributed by atoms with Crippen LogP contribution >= 0.6 is 23.2 Å². The van der Waals surface area contributed by atoms with Crippen LogP contribution in [0.5, 0.6) is 0 Å². The Kier molecular flexibility index (Phi) is 2.72. The zero-order chi connectivity index (χ0) is 11.9. The summed E-state index contributed by atoms with van der Waals surface area (Å²) in [4.78, 5) is 3.67. The Labute approximate surface area is 98.8 Å². The van der Waals surface area contributed by atoms with E-state index in [9.17, 15) is 13.2 Å². The van der Waals surface area contributed by atoms with E-state index in [-0.39, 0.29) is 0 Å². The molecular weight excluding hydrogens is 262 g/mol. The van der Waals surface area contributed by atoms with Crippen LogP contribution in [-0.2, 0) is 6.18 Å². The topological polar surface area (TPSA) is 12.9 Å². The molecule has 0 saturated carbocycles. The van der Waals surface area contributed by atoms with E-state index in [0.29, 0.717) is 15.9 Å². The molecule has 0 radical (unpaired) electrons. The van der Waals surface area contributed by atoms with Crippen molar-refractivity contribution >= 4 is 34.1 Å². The van der Waals surface area contributed by atoms with Gasteiger partial charge in [-0.2, -0.15) is 13.2 Å². The van der Waals surface area contributed by atoms with Crippen molar-refractivity contribution in [2.75, 3.05) is 0 Å². The Morgan fingerprint density at radius 2 is 1.75 bits per heavy atom. The number of hydrogen-bond donors (Lipinski definition) is 0. The summed E-state index contributed by atoms with van der Waals surface area (Å²) in [6, 6.07) is 5.41. The minimum atomic E-state index is -4.51. The van der Waals surface area contributed by atoms with Crippen molar-refractivity contribution in [2.24, 2.45) is 0 Å². The largest absolute Gasteiger partial charge is 0.419 e. The third kappa shape index (κ3) is 2.08. The molecule has 6 heteroatoms. The zero-order valence-electron chi connectivity index (χ0n) is 7.65. The first kappa shape index (κ1) is 11.5. The van der Waals surface area contributed by atoms with Crippen molar-refractivity contribution < 1.29 is 13.2 Å². The van der Waals surface area contributed by atoms with Gasteiger partial charge in [-0.15, -0.1) is 0 Å². The standard InChI is InChI=1S/C10H4Cl2F3N/c11-6-1-2-8-5(3-6)4-7(9(12)16-8)10(13,14)15/h1-4H. The van der Waals surface area contributed by atoms with Crippen molar-refractivity contribution in [1.29, 1.82) is 0 Å². The number of alkyl halides is 3. The van der Waals surface area contributed by atoms with Gasteiger partial charge in [0.05, 0.1) is 11.1 Å². The summed E-state index contributed by atoms with van der Waals surface area (Å²) < 4.78 is 37.6. The number of hydrogen-bond acceptors (Lipinski definition) is 1. The zero-order valence-corrected chi connectivity index (χ0v) is 9.16. The fourth-order valence-electron chi connectivity index (χ4n) is 1.32. The maximum atomic E-state index is 12.5. The van der Waals surface area contributed by atoms with Gasteiger partial charge < -0.3 is 0 Å². The lowest BCUT2D eigenvalue weighted by molar-refractivity contribution is -0.137. The Bertz CT molecular complexity index is 551. The Morgan fingerprint density at radius 1 is 1.06 bits per heavy atom. The van der Waals surface area contributed by atoms with Gasteiger partial charge in [0.2, 0.25) is 0 Å². The first-order valence-corrected chi connectivity index (χ1v) is 4.96. The molecule has 84 valence electrons. The smallest absolute Gasteiger partial charge is 0.235 e. The second-order valence-electron chi connectivity index (χ2n) is 3.16. The van der Waals surface area contributed by atoms with Crippen LogP contribution in [0.2, 0.25) is 10.2 Å². The first-order valence-electron chi connectivity index (χ1n) is 4.21. The minimum Gasteiger partial charge on any atom is -0.235 e. The SMILES string of the molecule is FC(F)(F)c1cc2cc(Cl)ccc2nc1Cl. The monoisotopic (exact) mass is 265 g/mol. The average Bonchev–Trinajstić information content (AvgIpc) is 2.16. The molecule has 1 nitrogen and oxygen atoms in total. The minimum absolute atomic E-state index is 0.309. The molecule has 16 heavy (non-hydrogen) atoms. The number of halogens is 5. The van der Waals surface area contributed by atoms with Gasteiger partial charge in [0.1, 0.15) is 5.15 Å². The predicted octanol–water partition coefficient (Wildman–Crippen LogP) is 4.56. The van der Waals surface area contributed by atoms with E-state index >= 15 is 0 Å². The lowest BCUT2D eigenvalue weighted by atomic mass is 10.1. The van der Waals surface area contributed by atoms with Gasteiger partial charge in [-0.25, -0.2) is 4.98 Å². The maximum Gasteiger partial charge on any atom is 0.419 e. The van der Waals surface area contributed by atoms with Gasteiger partial charge >= 0.3 is 6.18 Å². The summed E-state index contributed by atoms with van der Waals surface area (Å²) in [5.41, 5.74) is -0.577. The Hall–Kier alpha value is -1.00. The predicted molar refractivity (Wildman–Crippen MR) is 56.8 cm³/mol. The summed E-state index contributed by atoms with van der Waals surface area (Å²) in [5.74, 6) is 0. The number of benzene rings is 1. The molecule has 0 amide bonds. The Balaban J connectivity index is 2.74. The van der Waals surface area contributed by atoms with E-state index in [0.717, 1.165) is 6.07 Å². The molecular formula is C10H4Cl2F3N. The van der Waals surface area contributed by atoms with Crippen LogP contribution in [-0.4, -0.2) is 4.98 Å². The van der Waals surface area contributed by atoms with Gasteiger partial charge in [-0.3, -0.25) is 0 Å². The van der Waals surface area contributed by atoms with E-state index in [1.165, 1.54) is 12.1 Å². The molecule has 1 heterocycles. The van der Waals surface area contributed by atoms with Gasteiger partial charge in [0, 0.05) is 10.4 Å². The molecule has 0 aliphatic carbocycles. The quantitative estimate of drug-likeness (QED) is 0.637. The van der Waals surface area contributed by atoms with Crippen LogP contribution in [0, 0.1) is 0 Å². The molecule has 0 atom stereocenters. The van der Waals surface area contributed by atoms with E-state index < -0.39 is 16.9 Å². The summed E-state index contributed by atoms with van der Waals surface area (Å²) in [7, 11) is 0. The molecule has 1 aromatic heterocycles. The molecule has 1 aromatic carbocycles. The molecule has 0 N–H and O–H groups in total. The summed E-state index contributed by atoms with van der Waals surface area (Å²) in [6.45, 7) is 0. The normalized spacial score (nSPS) is 12.1. The number of fused-ring (bicyclic) bond motifs is 1. The van der Waals surface area contributed by atoms with Crippen LogP contribution in [0.15, 0.2) is 24.3 Å². The molecule has 2 rings (SSSR count). The fraction of sp³-hybridized carbons (Fsp3) is 0.100. The Morgan fingerprint density at radius 3 is 2.38 bits per heavy atom. The van der Waals surface area contributed by atoms with Crippen molar-refractivity contribution in [3.63, 3.8) is 0 Å². The summed E-state index contributed by atoms with van der Waals surface area (Å²) >= 11 is 11.1. The average molecular weight is 266 g/mol. The molecule has 0 saturated heterocycles. The molecule has 0 fully saturated rings. The highest BCUT2D eigenvalue weighted by Gasteiger charge is 2.34. The highest BCUT2D eigenvalue weighted by Crippen LogP contribution is 2.35. The molecule has 2 aromatic rings. The van der Waals surface area contributed by atoms with Crippen molar-refractivity contribution in [1.82, 2.24) is 4.98 Å². The third-order valence-electron chi connectivity index (χ3n) is 2.04. The fourth-order valence-corrected chi connectivity index (χ4v) is 1.76. The van der Waals surface area contributed by atoms with Crippen molar-refractivity contribution in [2.45, 2.75) is 6.18 Å². The first-order chi connectivity index (χ1) is 7.38.